The van der Waals surface area contributed by atoms with Crippen molar-refractivity contribution in [3.05, 3.63) is 35.1 Å². The van der Waals surface area contributed by atoms with E-state index in [1.165, 1.54) is 0 Å². The Morgan fingerprint density at radius 1 is 1.30 bits per heavy atom. The van der Waals surface area contributed by atoms with Gasteiger partial charge in [-0.25, -0.2) is 4.39 Å². The van der Waals surface area contributed by atoms with Crippen molar-refractivity contribution in [2.24, 2.45) is 5.41 Å². The molecule has 2 saturated heterocycles. The SMILES string of the molecule is Cc1cccc(C(=O)N2CCC3(CCNCC3)C2)c1F. The maximum Gasteiger partial charge on any atom is 0.256 e. The standard InChI is InChI=1S/C16H21FN2O/c1-12-3-2-4-13(14(12)17)15(20)19-10-7-16(11-19)5-8-18-9-6-16/h2-4,18H,5-11H2,1H3. The molecule has 0 aromatic heterocycles. The minimum atomic E-state index is -0.372. The number of hydrogen-bond acceptors (Lipinski definition) is 2. The summed E-state index contributed by atoms with van der Waals surface area (Å²) in [6.07, 6.45) is 3.29. The number of rotatable bonds is 1. The third kappa shape index (κ3) is 2.33. The number of aryl methyl sites for hydroxylation is 1. The lowest BCUT2D eigenvalue weighted by Gasteiger charge is -2.33. The van der Waals surface area contributed by atoms with Crippen LogP contribution in [-0.4, -0.2) is 37.0 Å². The molecule has 3 rings (SSSR count). The number of halogens is 1. The van der Waals surface area contributed by atoms with Crippen molar-refractivity contribution in [2.45, 2.75) is 26.2 Å². The Morgan fingerprint density at radius 3 is 2.80 bits per heavy atom. The van der Waals surface area contributed by atoms with E-state index in [9.17, 15) is 9.18 Å². The van der Waals surface area contributed by atoms with Crippen LogP contribution in [0, 0.1) is 18.2 Å². The van der Waals surface area contributed by atoms with Crippen molar-refractivity contribution >= 4 is 5.91 Å². The average molecular weight is 276 g/mol. The Morgan fingerprint density at radius 2 is 2.05 bits per heavy atom. The maximum atomic E-state index is 14.1. The number of likely N-dealkylation sites (tertiary alicyclic amines) is 1. The number of nitrogens with one attached hydrogen (secondary N) is 1. The summed E-state index contributed by atoms with van der Waals surface area (Å²) in [6.45, 7) is 5.29. The molecule has 0 radical (unpaired) electrons. The summed E-state index contributed by atoms with van der Waals surface area (Å²) in [7, 11) is 0. The number of carbonyl (C=O) groups is 1. The highest BCUT2D eigenvalue weighted by atomic mass is 19.1. The van der Waals surface area contributed by atoms with E-state index in [0.29, 0.717) is 5.56 Å². The Hall–Kier alpha value is -1.42. The van der Waals surface area contributed by atoms with Gasteiger partial charge in [-0.05, 0) is 56.3 Å². The molecule has 2 heterocycles. The van der Waals surface area contributed by atoms with Crippen molar-refractivity contribution in [1.29, 1.82) is 0 Å². The third-order valence-electron chi connectivity index (χ3n) is 4.81. The van der Waals surface area contributed by atoms with E-state index in [1.807, 2.05) is 4.90 Å². The molecule has 0 saturated carbocycles. The first-order valence-corrected chi connectivity index (χ1v) is 7.36. The van der Waals surface area contributed by atoms with Gasteiger partial charge < -0.3 is 10.2 Å². The highest BCUT2D eigenvalue weighted by Crippen LogP contribution is 2.39. The van der Waals surface area contributed by atoms with Gasteiger partial charge in [0.05, 0.1) is 5.56 Å². The van der Waals surface area contributed by atoms with E-state index in [0.717, 1.165) is 45.4 Å². The largest absolute Gasteiger partial charge is 0.338 e. The molecule has 20 heavy (non-hydrogen) atoms. The maximum absolute atomic E-state index is 14.1. The molecule has 2 aliphatic heterocycles. The van der Waals surface area contributed by atoms with Gasteiger partial charge in [0.25, 0.3) is 5.91 Å². The molecule has 0 unspecified atom stereocenters. The van der Waals surface area contributed by atoms with Crippen molar-refractivity contribution in [3.63, 3.8) is 0 Å². The number of carbonyl (C=O) groups excluding carboxylic acids is 1. The number of hydrogen-bond donors (Lipinski definition) is 1. The predicted molar refractivity (Wildman–Crippen MR) is 76.2 cm³/mol. The van der Waals surface area contributed by atoms with Gasteiger partial charge in [0, 0.05) is 13.1 Å². The number of piperidine rings is 1. The highest BCUT2D eigenvalue weighted by molar-refractivity contribution is 5.95. The molecular weight excluding hydrogens is 255 g/mol. The Kier molecular flexibility index (Phi) is 3.50. The smallest absolute Gasteiger partial charge is 0.256 e. The van der Waals surface area contributed by atoms with Crippen LogP contribution >= 0.6 is 0 Å². The lowest BCUT2D eigenvalue weighted by Crippen LogP contribution is -2.39. The molecule has 4 heteroatoms. The predicted octanol–water partition coefficient (Wildman–Crippen LogP) is 2.35. The minimum absolute atomic E-state index is 0.151. The number of benzene rings is 1. The zero-order valence-corrected chi connectivity index (χ0v) is 11.9. The van der Waals surface area contributed by atoms with E-state index in [-0.39, 0.29) is 22.7 Å². The van der Waals surface area contributed by atoms with Crippen LogP contribution in [0.3, 0.4) is 0 Å². The second kappa shape index (κ2) is 5.17. The topological polar surface area (TPSA) is 32.3 Å². The van der Waals surface area contributed by atoms with Crippen LogP contribution in [0.15, 0.2) is 18.2 Å². The zero-order valence-electron chi connectivity index (χ0n) is 11.9. The Balaban J connectivity index is 1.77. The average Bonchev–Trinajstić information content (AvgIpc) is 2.86. The molecule has 0 atom stereocenters. The van der Waals surface area contributed by atoms with Gasteiger partial charge in [0.1, 0.15) is 5.82 Å². The van der Waals surface area contributed by atoms with Crippen LogP contribution in [-0.2, 0) is 0 Å². The minimum Gasteiger partial charge on any atom is -0.338 e. The van der Waals surface area contributed by atoms with E-state index in [1.54, 1.807) is 25.1 Å². The summed E-state index contributed by atoms with van der Waals surface area (Å²) in [6, 6.07) is 5.05. The zero-order chi connectivity index (χ0) is 14.2. The first kappa shape index (κ1) is 13.6. The van der Waals surface area contributed by atoms with E-state index in [2.05, 4.69) is 5.32 Å². The van der Waals surface area contributed by atoms with Gasteiger partial charge in [-0.3, -0.25) is 4.79 Å². The summed E-state index contributed by atoms with van der Waals surface area (Å²) in [5, 5.41) is 3.36. The summed E-state index contributed by atoms with van der Waals surface area (Å²) >= 11 is 0. The Labute approximate surface area is 119 Å². The molecule has 108 valence electrons. The molecule has 1 aromatic rings. The summed E-state index contributed by atoms with van der Waals surface area (Å²) in [5.74, 6) is -0.523. The van der Waals surface area contributed by atoms with Gasteiger partial charge in [-0.1, -0.05) is 12.1 Å². The first-order chi connectivity index (χ1) is 9.61. The highest BCUT2D eigenvalue weighted by Gasteiger charge is 2.41. The van der Waals surface area contributed by atoms with Gasteiger partial charge in [-0.2, -0.15) is 0 Å². The first-order valence-electron chi connectivity index (χ1n) is 7.36. The third-order valence-corrected chi connectivity index (χ3v) is 4.81. The van der Waals surface area contributed by atoms with Crippen molar-refractivity contribution < 1.29 is 9.18 Å². The Bertz CT molecular complexity index is 523. The second-order valence-corrected chi connectivity index (χ2v) is 6.16. The molecule has 2 aliphatic rings. The fraction of sp³-hybridized carbons (Fsp3) is 0.562. The summed E-state index contributed by atoms with van der Waals surface area (Å²) in [4.78, 5) is 14.4. The monoisotopic (exact) mass is 276 g/mol. The van der Waals surface area contributed by atoms with E-state index in [4.69, 9.17) is 0 Å². The molecule has 1 spiro atoms. The van der Waals surface area contributed by atoms with Gasteiger partial charge in [-0.15, -0.1) is 0 Å². The van der Waals surface area contributed by atoms with E-state index < -0.39 is 0 Å². The normalized spacial score (nSPS) is 21.4. The van der Waals surface area contributed by atoms with Crippen molar-refractivity contribution in [3.8, 4) is 0 Å². The summed E-state index contributed by atoms with van der Waals surface area (Å²) in [5.41, 5.74) is 1.02. The summed E-state index contributed by atoms with van der Waals surface area (Å²) < 4.78 is 14.1. The molecule has 0 bridgehead atoms. The van der Waals surface area contributed by atoms with E-state index >= 15 is 0 Å². The lowest BCUT2D eigenvalue weighted by atomic mass is 9.78. The fourth-order valence-corrected chi connectivity index (χ4v) is 3.46. The molecular formula is C16H21FN2O. The number of nitrogens with zero attached hydrogens (tertiary/aromatic N) is 1. The molecule has 1 aromatic carbocycles. The van der Waals surface area contributed by atoms with Gasteiger partial charge >= 0.3 is 0 Å². The van der Waals surface area contributed by atoms with Crippen LogP contribution in [0.5, 0.6) is 0 Å². The van der Waals surface area contributed by atoms with Gasteiger partial charge in [0.2, 0.25) is 0 Å². The van der Waals surface area contributed by atoms with Crippen molar-refractivity contribution in [2.75, 3.05) is 26.2 Å². The quantitative estimate of drug-likeness (QED) is 0.854. The molecule has 0 aliphatic carbocycles. The lowest BCUT2D eigenvalue weighted by molar-refractivity contribution is 0.0757. The second-order valence-electron chi connectivity index (χ2n) is 6.16. The van der Waals surface area contributed by atoms with Gasteiger partial charge in [0.15, 0.2) is 0 Å². The van der Waals surface area contributed by atoms with Crippen LogP contribution in [0.1, 0.15) is 35.2 Å². The van der Waals surface area contributed by atoms with Crippen LogP contribution in [0.25, 0.3) is 0 Å². The molecule has 3 nitrogen and oxygen atoms in total. The van der Waals surface area contributed by atoms with Crippen LogP contribution in [0.2, 0.25) is 0 Å². The van der Waals surface area contributed by atoms with Crippen LogP contribution in [0.4, 0.5) is 4.39 Å². The fourth-order valence-electron chi connectivity index (χ4n) is 3.46. The van der Waals surface area contributed by atoms with Crippen molar-refractivity contribution in [1.82, 2.24) is 10.2 Å². The molecule has 1 N–H and O–H groups in total. The number of amides is 1. The van der Waals surface area contributed by atoms with Crippen LogP contribution < -0.4 is 5.32 Å². The molecule has 1 amide bonds. The molecule has 2 fully saturated rings.